The first kappa shape index (κ1) is 11.1. The van der Waals surface area contributed by atoms with Crippen LogP contribution in [-0.4, -0.2) is 13.7 Å². The Morgan fingerprint density at radius 2 is 2.07 bits per heavy atom. The van der Waals surface area contributed by atoms with Gasteiger partial charge in [-0.25, -0.2) is 0 Å². The summed E-state index contributed by atoms with van der Waals surface area (Å²) in [7, 11) is 1.70. The molecule has 1 aromatic carbocycles. The minimum atomic E-state index is 0.399. The van der Waals surface area contributed by atoms with E-state index in [0.29, 0.717) is 12.5 Å². The van der Waals surface area contributed by atoms with Crippen LogP contribution in [0.5, 0.6) is 5.75 Å². The van der Waals surface area contributed by atoms with Crippen LogP contribution in [0.1, 0.15) is 30.9 Å². The van der Waals surface area contributed by atoms with Crippen molar-refractivity contribution in [2.75, 3.05) is 13.7 Å². The first-order valence-corrected chi connectivity index (χ1v) is 5.09. The number of benzene rings is 1. The van der Waals surface area contributed by atoms with Gasteiger partial charge >= 0.3 is 0 Å². The first-order chi connectivity index (χ1) is 6.71. The molecule has 0 aliphatic heterocycles. The van der Waals surface area contributed by atoms with Crippen molar-refractivity contribution in [3.05, 3.63) is 29.3 Å². The minimum Gasteiger partial charge on any atom is -0.497 e. The topological polar surface area (TPSA) is 35.2 Å². The van der Waals surface area contributed by atoms with Gasteiger partial charge in [0, 0.05) is 0 Å². The Balaban J connectivity index is 3.04. The normalized spacial score (nSPS) is 12.6. The summed E-state index contributed by atoms with van der Waals surface area (Å²) in [4.78, 5) is 0. The van der Waals surface area contributed by atoms with Crippen molar-refractivity contribution in [1.82, 2.24) is 0 Å². The molecule has 1 aromatic rings. The van der Waals surface area contributed by atoms with Gasteiger partial charge in [-0.3, -0.25) is 0 Å². The molecule has 2 N–H and O–H groups in total. The molecule has 0 bridgehead atoms. The molecule has 78 valence electrons. The van der Waals surface area contributed by atoms with Crippen LogP contribution < -0.4 is 10.5 Å². The standard InChI is InChI=1S/C12H19NO/c1-4-10-5-11(9(2)8-13)7-12(6-10)14-3/h5-7,9H,4,8,13H2,1-3H3. The van der Waals surface area contributed by atoms with Gasteiger partial charge in [-0.05, 0) is 42.1 Å². The SMILES string of the molecule is CCc1cc(OC)cc(C(C)CN)c1. The first-order valence-electron chi connectivity index (χ1n) is 5.09. The minimum absolute atomic E-state index is 0.399. The molecule has 0 radical (unpaired) electrons. The summed E-state index contributed by atoms with van der Waals surface area (Å²) in [6.07, 6.45) is 1.03. The summed E-state index contributed by atoms with van der Waals surface area (Å²) in [5.41, 5.74) is 8.22. The monoisotopic (exact) mass is 193 g/mol. The average Bonchev–Trinajstić information content (AvgIpc) is 2.27. The van der Waals surface area contributed by atoms with Crippen molar-refractivity contribution in [2.45, 2.75) is 26.2 Å². The molecule has 0 saturated heterocycles. The molecule has 2 heteroatoms. The highest BCUT2D eigenvalue weighted by atomic mass is 16.5. The average molecular weight is 193 g/mol. The van der Waals surface area contributed by atoms with Crippen LogP contribution in [0, 0.1) is 0 Å². The maximum Gasteiger partial charge on any atom is 0.119 e. The third kappa shape index (κ3) is 2.48. The molecule has 1 unspecified atom stereocenters. The number of hydrogen-bond acceptors (Lipinski definition) is 2. The van der Waals surface area contributed by atoms with Gasteiger partial charge in [0.05, 0.1) is 7.11 Å². The van der Waals surface area contributed by atoms with E-state index in [2.05, 4.69) is 32.0 Å². The van der Waals surface area contributed by atoms with Gasteiger partial charge in [-0.1, -0.05) is 19.9 Å². The quantitative estimate of drug-likeness (QED) is 0.796. The van der Waals surface area contributed by atoms with Gasteiger partial charge < -0.3 is 10.5 Å². The van der Waals surface area contributed by atoms with Crippen LogP contribution in [0.15, 0.2) is 18.2 Å². The van der Waals surface area contributed by atoms with E-state index in [9.17, 15) is 0 Å². The fourth-order valence-electron chi connectivity index (χ4n) is 1.43. The smallest absolute Gasteiger partial charge is 0.119 e. The maximum absolute atomic E-state index is 5.65. The molecule has 0 fully saturated rings. The zero-order valence-electron chi connectivity index (χ0n) is 9.21. The molecule has 1 rings (SSSR count). The van der Waals surface area contributed by atoms with Crippen molar-refractivity contribution in [1.29, 1.82) is 0 Å². The molecule has 0 aliphatic carbocycles. The molecule has 2 nitrogen and oxygen atoms in total. The molecule has 0 aliphatic rings. The third-order valence-electron chi connectivity index (χ3n) is 2.56. The number of ether oxygens (including phenoxy) is 1. The lowest BCUT2D eigenvalue weighted by Gasteiger charge is -2.12. The molecular weight excluding hydrogens is 174 g/mol. The van der Waals surface area contributed by atoms with E-state index in [1.807, 2.05) is 0 Å². The molecule has 14 heavy (non-hydrogen) atoms. The Morgan fingerprint density at radius 1 is 1.36 bits per heavy atom. The highest BCUT2D eigenvalue weighted by molar-refractivity contribution is 5.36. The van der Waals surface area contributed by atoms with Crippen LogP contribution >= 0.6 is 0 Å². The van der Waals surface area contributed by atoms with E-state index in [1.165, 1.54) is 11.1 Å². The second kappa shape index (κ2) is 5.01. The largest absolute Gasteiger partial charge is 0.497 e. The van der Waals surface area contributed by atoms with Gasteiger partial charge in [-0.15, -0.1) is 0 Å². The summed E-state index contributed by atoms with van der Waals surface area (Å²) < 4.78 is 5.25. The van der Waals surface area contributed by atoms with Gasteiger partial charge in [-0.2, -0.15) is 0 Å². The Bertz CT molecular complexity index is 274. The Kier molecular flexibility index (Phi) is 3.96. The second-order valence-corrected chi connectivity index (χ2v) is 3.60. The van der Waals surface area contributed by atoms with Gasteiger partial charge in [0.25, 0.3) is 0 Å². The van der Waals surface area contributed by atoms with E-state index in [0.717, 1.165) is 12.2 Å². The number of nitrogens with two attached hydrogens (primary N) is 1. The number of hydrogen-bond donors (Lipinski definition) is 1. The van der Waals surface area contributed by atoms with Crippen molar-refractivity contribution in [3.63, 3.8) is 0 Å². The fourth-order valence-corrected chi connectivity index (χ4v) is 1.43. The van der Waals surface area contributed by atoms with Gasteiger partial charge in [0.15, 0.2) is 0 Å². The maximum atomic E-state index is 5.65. The van der Waals surface area contributed by atoms with Crippen LogP contribution in [0.4, 0.5) is 0 Å². The number of methoxy groups -OCH3 is 1. The second-order valence-electron chi connectivity index (χ2n) is 3.60. The molecular formula is C12H19NO. The lowest BCUT2D eigenvalue weighted by molar-refractivity contribution is 0.413. The summed E-state index contributed by atoms with van der Waals surface area (Å²) in [6, 6.07) is 6.35. The molecule has 0 heterocycles. The van der Waals surface area contributed by atoms with E-state index in [4.69, 9.17) is 10.5 Å². The summed E-state index contributed by atoms with van der Waals surface area (Å²) in [5, 5.41) is 0. The predicted molar refractivity (Wildman–Crippen MR) is 59.8 cm³/mol. The van der Waals surface area contributed by atoms with Crippen LogP contribution in [0.25, 0.3) is 0 Å². The zero-order valence-corrected chi connectivity index (χ0v) is 9.21. The van der Waals surface area contributed by atoms with Gasteiger partial charge in [0.2, 0.25) is 0 Å². The fraction of sp³-hybridized carbons (Fsp3) is 0.500. The lowest BCUT2D eigenvalue weighted by Crippen LogP contribution is -2.09. The van der Waals surface area contributed by atoms with E-state index in [1.54, 1.807) is 7.11 Å². The highest BCUT2D eigenvalue weighted by Gasteiger charge is 2.06. The molecule has 0 spiro atoms. The summed E-state index contributed by atoms with van der Waals surface area (Å²) in [5.74, 6) is 1.33. The van der Waals surface area contributed by atoms with E-state index >= 15 is 0 Å². The zero-order chi connectivity index (χ0) is 10.6. The number of rotatable bonds is 4. The van der Waals surface area contributed by atoms with Crippen molar-refractivity contribution >= 4 is 0 Å². The summed E-state index contributed by atoms with van der Waals surface area (Å²) >= 11 is 0. The van der Waals surface area contributed by atoms with Crippen molar-refractivity contribution < 1.29 is 4.74 Å². The highest BCUT2D eigenvalue weighted by Crippen LogP contribution is 2.22. The van der Waals surface area contributed by atoms with Crippen molar-refractivity contribution in [3.8, 4) is 5.75 Å². The van der Waals surface area contributed by atoms with Crippen LogP contribution in [0.3, 0.4) is 0 Å². The lowest BCUT2D eigenvalue weighted by atomic mass is 9.98. The third-order valence-corrected chi connectivity index (χ3v) is 2.56. The van der Waals surface area contributed by atoms with Crippen LogP contribution in [-0.2, 0) is 6.42 Å². The summed E-state index contributed by atoms with van der Waals surface area (Å²) in [6.45, 7) is 4.95. The Labute approximate surface area is 86.1 Å². The molecule has 1 atom stereocenters. The molecule has 0 saturated carbocycles. The Morgan fingerprint density at radius 3 is 2.57 bits per heavy atom. The van der Waals surface area contributed by atoms with Crippen molar-refractivity contribution in [2.24, 2.45) is 5.73 Å². The molecule has 0 aromatic heterocycles. The van der Waals surface area contributed by atoms with E-state index < -0.39 is 0 Å². The predicted octanol–water partition coefficient (Wildman–Crippen LogP) is 2.32. The number of aryl methyl sites for hydroxylation is 1. The van der Waals surface area contributed by atoms with Gasteiger partial charge in [0.1, 0.15) is 5.75 Å². The Hall–Kier alpha value is -1.02. The van der Waals surface area contributed by atoms with Crippen LogP contribution in [0.2, 0.25) is 0 Å². The van der Waals surface area contributed by atoms with E-state index in [-0.39, 0.29) is 0 Å². The molecule has 0 amide bonds.